The lowest BCUT2D eigenvalue weighted by molar-refractivity contribution is -0.302. The van der Waals surface area contributed by atoms with E-state index in [4.69, 9.17) is 9.47 Å². The highest BCUT2D eigenvalue weighted by Gasteiger charge is 2.44. The van der Waals surface area contributed by atoms with Crippen LogP contribution in [0.4, 0.5) is 0 Å². The molecule has 1 heterocycles. The molecule has 64 heavy (non-hydrogen) atoms. The Morgan fingerprint density at radius 3 is 1.36 bits per heavy atom. The molecule has 6 N–H and O–H groups in total. The van der Waals surface area contributed by atoms with Gasteiger partial charge in [-0.25, -0.2) is 0 Å². The first-order chi connectivity index (χ1) is 31.3. The summed E-state index contributed by atoms with van der Waals surface area (Å²) >= 11 is 0. The number of carbonyl (C=O) groups excluding carboxylic acids is 1. The summed E-state index contributed by atoms with van der Waals surface area (Å²) in [7, 11) is 0. The summed E-state index contributed by atoms with van der Waals surface area (Å²) in [5.74, 6) is -0.178. The maximum atomic E-state index is 13.0. The van der Waals surface area contributed by atoms with Crippen molar-refractivity contribution in [3.63, 3.8) is 0 Å². The average Bonchev–Trinajstić information content (AvgIpc) is 3.29. The zero-order valence-electron chi connectivity index (χ0n) is 41.3. The number of nitrogens with one attached hydrogen (secondary N) is 1. The smallest absolute Gasteiger partial charge is 0.220 e. The highest BCUT2D eigenvalue weighted by Crippen LogP contribution is 2.23. The molecular formula is C55H101NO8. The van der Waals surface area contributed by atoms with Crippen LogP contribution >= 0.6 is 0 Å². The first-order valence-corrected chi connectivity index (χ1v) is 26.9. The fourth-order valence-corrected chi connectivity index (χ4v) is 8.34. The highest BCUT2D eigenvalue weighted by atomic mass is 16.7. The molecule has 9 nitrogen and oxygen atoms in total. The van der Waals surface area contributed by atoms with Crippen molar-refractivity contribution in [3.8, 4) is 0 Å². The molecule has 9 heteroatoms. The minimum Gasteiger partial charge on any atom is -0.394 e. The second-order valence-electron chi connectivity index (χ2n) is 18.7. The monoisotopic (exact) mass is 904 g/mol. The highest BCUT2D eigenvalue weighted by molar-refractivity contribution is 5.76. The maximum Gasteiger partial charge on any atom is 0.220 e. The molecule has 0 aliphatic carbocycles. The predicted molar refractivity (Wildman–Crippen MR) is 267 cm³/mol. The summed E-state index contributed by atoms with van der Waals surface area (Å²) in [4.78, 5) is 13.0. The molecule has 0 radical (unpaired) electrons. The van der Waals surface area contributed by atoms with E-state index in [9.17, 15) is 30.3 Å². The number of ether oxygens (including phenoxy) is 2. The number of rotatable bonds is 45. The summed E-state index contributed by atoms with van der Waals surface area (Å²) in [5.41, 5.74) is 0. The Labute approximate surface area is 393 Å². The number of aliphatic hydroxyl groups is 5. The van der Waals surface area contributed by atoms with Gasteiger partial charge in [0.05, 0.1) is 25.4 Å². The molecule has 1 amide bonds. The maximum absolute atomic E-state index is 13.0. The minimum absolute atomic E-state index is 0.178. The van der Waals surface area contributed by atoms with Crippen LogP contribution in [-0.4, -0.2) is 87.5 Å². The number of amides is 1. The average molecular weight is 904 g/mol. The van der Waals surface area contributed by atoms with Crippen LogP contribution in [0.25, 0.3) is 0 Å². The normalized spacial score (nSPS) is 20.4. The van der Waals surface area contributed by atoms with Crippen LogP contribution in [0.5, 0.6) is 0 Å². The molecule has 1 aliphatic heterocycles. The number of unbranched alkanes of at least 4 members (excludes halogenated alkanes) is 29. The van der Waals surface area contributed by atoms with E-state index in [1.165, 1.54) is 167 Å². The number of allylic oxidation sites excluding steroid dienone is 7. The molecule has 7 unspecified atom stereocenters. The Bertz CT molecular complexity index is 1140. The van der Waals surface area contributed by atoms with Crippen molar-refractivity contribution in [3.05, 3.63) is 48.6 Å². The van der Waals surface area contributed by atoms with Gasteiger partial charge in [-0.3, -0.25) is 4.79 Å². The molecule has 0 aromatic carbocycles. The number of aliphatic hydroxyl groups excluding tert-OH is 5. The van der Waals surface area contributed by atoms with Gasteiger partial charge in [0, 0.05) is 6.42 Å². The van der Waals surface area contributed by atoms with Gasteiger partial charge in [-0.2, -0.15) is 0 Å². The molecule has 7 atom stereocenters. The topological polar surface area (TPSA) is 149 Å². The predicted octanol–water partition coefficient (Wildman–Crippen LogP) is 12.6. The Hall–Kier alpha value is -1.85. The summed E-state index contributed by atoms with van der Waals surface area (Å²) in [5, 5.41) is 54.3. The molecular weight excluding hydrogens is 803 g/mol. The molecule has 0 aromatic rings. The lowest BCUT2D eigenvalue weighted by atomic mass is 9.99. The molecule has 1 aliphatic rings. The zero-order valence-corrected chi connectivity index (χ0v) is 41.3. The third-order valence-electron chi connectivity index (χ3n) is 12.6. The van der Waals surface area contributed by atoms with Crippen molar-refractivity contribution < 1.29 is 39.8 Å². The van der Waals surface area contributed by atoms with Gasteiger partial charge in [-0.05, 0) is 57.8 Å². The van der Waals surface area contributed by atoms with Crippen molar-refractivity contribution >= 4 is 5.91 Å². The fourth-order valence-electron chi connectivity index (χ4n) is 8.34. The van der Waals surface area contributed by atoms with Crippen LogP contribution in [0.2, 0.25) is 0 Å². The van der Waals surface area contributed by atoms with Crippen molar-refractivity contribution in [2.24, 2.45) is 0 Å². The second kappa shape index (κ2) is 45.0. The van der Waals surface area contributed by atoms with E-state index in [2.05, 4.69) is 55.6 Å². The van der Waals surface area contributed by atoms with Crippen LogP contribution in [0.3, 0.4) is 0 Å². The molecule has 1 saturated heterocycles. The van der Waals surface area contributed by atoms with Crippen molar-refractivity contribution in [2.75, 3.05) is 13.2 Å². The number of hydrogen-bond acceptors (Lipinski definition) is 8. The Balaban J connectivity index is 2.18. The summed E-state index contributed by atoms with van der Waals surface area (Å²) in [6.07, 6.45) is 51.7. The summed E-state index contributed by atoms with van der Waals surface area (Å²) < 4.78 is 11.2. The number of carbonyl (C=O) groups is 1. The fraction of sp³-hybridized carbons (Fsp3) is 0.836. The van der Waals surface area contributed by atoms with Crippen LogP contribution in [0.1, 0.15) is 239 Å². The molecule has 0 saturated carbocycles. The third kappa shape index (κ3) is 34.5. The van der Waals surface area contributed by atoms with E-state index in [0.29, 0.717) is 6.42 Å². The zero-order chi connectivity index (χ0) is 46.6. The Morgan fingerprint density at radius 2 is 0.922 bits per heavy atom. The van der Waals surface area contributed by atoms with Gasteiger partial charge in [0.1, 0.15) is 24.4 Å². The van der Waals surface area contributed by atoms with Gasteiger partial charge in [-0.15, -0.1) is 0 Å². The minimum atomic E-state index is -1.57. The standard InChI is InChI=1S/C55H101NO8/c1-3-5-7-9-11-13-15-17-18-19-20-21-22-23-24-25-26-27-28-29-30-31-32-33-35-37-39-41-43-45-51(59)56-48(47-63-55-54(62)53(61)52(60)50(46-57)64-55)49(58)44-42-40-38-36-34-16-14-12-10-8-6-4-2/h15,17,19-20,22-23,42,44,48-50,52-55,57-58,60-62H,3-14,16,18,21,24-41,43,45-47H2,1-2H3,(H,56,59)/b17-15-,20-19-,23-22-,44-42+. The molecule has 0 aromatic heterocycles. The summed E-state index contributed by atoms with van der Waals surface area (Å²) in [6.45, 7) is 3.76. The van der Waals surface area contributed by atoms with Crippen molar-refractivity contribution in [1.82, 2.24) is 5.32 Å². The van der Waals surface area contributed by atoms with E-state index in [0.717, 1.165) is 51.4 Å². The molecule has 374 valence electrons. The van der Waals surface area contributed by atoms with E-state index >= 15 is 0 Å². The van der Waals surface area contributed by atoms with Gasteiger partial charge in [0.2, 0.25) is 5.91 Å². The van der Waals surface area contributed by atoms with E-state index in [-0.39, 0.29) is 12.5 Å². The van der Waals surface area contributed by atoms with Gasteiger partial charge >= 0.3 is 0 Å². The van der Waals surface area contributed by atoms with E-state index in [1.54, 1.807) is 6.08 Å². The summed E-state index contributed by atoms with van der Waals surface area (Å²) in [6, 6.07) is -0.804. The lowest BCUT2D eigenvalue weighted by Gasteiger charge is -2.40. The van der Waals surface area contributed by atoms with Gasteiger partial charge in [-0.1, -0.05) is 223 Å². The van der Waals surface area contributed by atoms with Crippen LogP contribution < -0.4 is 5.32 Å². The van der Waals surface area contributed by atoms with Gasteiger partial charge in [0.15, 0.2) is 6.29 Å². The molecule has 0 spiro atoms. The van der Waals surface area contributed by atoms with Crippen LogP contribution in [0.15, 0.2) is 48.6 Å². The lowest BCUT2D eigenvalue weighted by Crippen LogP contribution is -2.60. The van der Waals surface area contributed by atoms with Crippen LogP contribution in [0, 0.1) is 0 Å². The Morgan fingerprint density at radius 1 is 0.531 bits per heavy atom. The first kappa shape index (κ1) is 60.2. The second-order valence-corrected chi connectivity index (χ2v) is 18.7. The van der Waals surface area contributed by atoms with E-state index < -0.39 is 49.5 Å². The number of hydrogen-bond donors (Lipinski definition) is 6. The largest absolute Gasteiger partial charge is 0.394 e. The van der Waals surface area contributed by atoms with Crippen molar-refractivity contribution in [2.45, 2.75) is 281 Å². The van der Waals surface area contributed by atoms with E-state index in [1.807, 2.05) is 6.08 Å². The molecule has 0 bridgehead atoms. The molecule has 1 fully saturated rings. The third-order valence-corrected chi connectivity index (χ3v) is 12.6. The molecule has 1 rings (SSSR count). The quantitative estimate of drug-likeness (QED) is 0.0261. The van der Waals surface area contributed by atoms with Gasteiger partial charge in [0.25, 0.3) is 0 Å². The van der Waals surface area contributed by atoms with Gasteiger partial charge < -0.3 is 40.3 Å². The SMILES string of the molecule is CCCCCCC/C=C\C/C=C\C/C=C\CCCCCCCCCCCCCCCCC(=O)NC(COC1OC(CO)C(O)C(O)C1O)C(O)/C=C/CCCCCCCCCCCC. The Kier molecular flexibility index (Phi) is 42.3. The first-order valence-electron chi connectivity index (χ1n) is 26.9. The van der Waals surface area contributed by atoms with Crippen LogP contribution in [-0.2, 0) is 14.3 Å². The van der Waals surface area contributed by atoms with Crippen molar-refractivity contribution in [1.29, 1.82) is 0 Å².